The van der Waals surface area contributed by atoms with Crippen LogP contribution in [0.4, 0.5) is 0 Å². The molecule has 0 rings (SSSR count). The van der Waals surface area contributed by atoms with Gasteiger partial charge in [0.05, 0.1) is 0 Å². The third-order valence-electron chi connectivity index (χ3n) is 0. The van der Waals surface area contributed by atoms with Gasteiger partial charge in [-0.15, -0.1) is 0 Å². The van der Waals surface area contributed by atoms with Crippen molar-refractivity contribution in [3.63, 3.8) is 0 Å². The van der Waals surface area contributed by atoms with Crippen LogP contribution in [0, 0.1) is 0 Å². The maximum Gasteiger partial charge on any atom is 1.00 e. The van der Waals surface area contributed by atoms with Gasteiger partial charge in [0.25, 0.3) is 0 Å². The second-order valence-corrected chi connectivity index (χ2v) is 1.28. The molecule has 8 heavy (non-hydrogen) atoms. The van der Waals surface area contributed by atoms with Gasteiger partial charge in [0.15, 0.2) is 0 Å². The molecule has 0 amide bonds. The van der Waals surface area contributed by atoms with Gasteiger partial charge in [-0.25, -0.2) is 8.42 Å². The van der Waals surface area contributed by atoms with E-state index in [1.54, 1.807) is 0 Å². The minimum atomic E-state index is -4.92. The monoisotopic (exact) mass is 156 g/mol. The Kier molecular flexibility index (Phi) is 22.6. The van der Waals surface area contributed by atoms with E-state index < -0.39 is 10.4 Å². The maximum absolute atomic E-state index is 8.63. The second-order valence-electron chi connectivity index (χ2n) is 0.428. The summed E-state index contributed by atoms with van der Waals surface area (Å²) >= 11 is 0. The molecule has 0 saturated carbocycles. The standard InChI is InChI=1S/Na.H2O4S.2H2O/c;1-5(2,3)4;;/h;(H2,1,2,3,4);2*1H2/q+1;;;/p-1. The van der Waals surface area contributed by atoms with Crippen molar-refractivity contribution in [2.75, 3.05) is 0 Å². The zero-order valence-electron chi connectivity index (χ0n) is 4.08. The number of rotatable bonds is 0. The molecule has 6 nitrogen and oxygen atoms in total. The molecule has 0 spiro atoms. The molecule has 0 radical (unpaired) electrons. The fraction of sp³-hybridized carbons (Fsp3) is 0. The Bertz CT molecular complexity index is 91.7. The number of hydrogen-bond donors (Lipinski definition) is 1. The Morgan fingerprint density at radius 1 is 1.25 bits per heavy atom. The Labute approximate surface area is 68.4 Å². The molecule has 0 atom stereocenters. The fourth-order valence-electron chi connectivity index (χ4n) is 0. The predicted octanol–water partition coefficient (Wildman–Crippen LogP) is -5.64. The first-order valence-electron chi connectivity index (χ1n) is 0.683. The van der Waals surface area contributed by atoms with E-state index in [0.717, 1.165) is 0 Å². The Morgan fingerprint density at radius 2 is 1.25 bits per heavy atom. The average molecular weight is 156 g/mol. The van der Waals surface area contributed by atoms with Gasteiger partial charge in [-0.3, -0.25) is 4.55 Å². The molecule has 0 aromatic rings. The smallest absolute Gasteiger partial charge is 0.726 e. The fourth-order valence-corrected chi connectivity index (χ4v) is 0. The number of hydrogen-bond acceptors (Lipinski definition) is 3. The van der Waals surface area contributed by atoms with Crippen molar-refractivity contribution in [3.05, 3.63) is 0 Å². The van der Waals surface area contributed by atoms with E-state index in [-0.39, 0.29) is 40.5 Å². The summed E-state index contributed by atoms with van der Waals surface area (Å²) in [7, 11) is -4.92. The summed E-state index contributed by atoms with van der Waals surface area (Å²) in [4.78, 5) is 0. The third-order valence-corrected chi connectivity index (χ3v) is 0. The molecule has 0 aliphatic rings. The van der Waals surface area contributed by atoms with Gasteiger partial charge >= 0.3 is 29.6 Å². The summed E-state index contributed by atoms with van der Waals surface area (Å²) in [5.74, 6) is 0. The summed E-state index contributed by atoms with van der Waals surface area (Å²) < 4.78 is 32.8. The SMILES string of the molecule is O.O.O=S(=O)([O-])O.[Na+]. The van der Waals surface area contributed by atoms with Crippen LogP contribution in [0.2, 0.25) is 0 Å². The van der Waals surface area contributed by atoms with Crippen molar-refractivity contribution in [1.82, 2.24) is 0 Å². The first-order valence-corrected chi connectivity index (χ1v) is 2.05. The Morgan fingerprint density at radius 3 is 1.25 bits per heavy atom. The van der Waals surface area contributed by atoms with Crippen molar-refractivity contribution in [2.24, 2.45) is 0 Å². The van der Waals surface area contributed by atoms with Gasteiger partial charge in [0, 0.05) is 0 Å². The largest absolute Gasteiger partial charge is 1.00 e. The van der Waals surface area contributed by atoms with Crippen LogP contribution in [-0.2, 0) is 10.4 Å². The maximum atomic E-state index is 8.63. The molecule has 0 aromatic carbocycles. The molecule has 0 fully saturated rings. The zero-order chi connectivity index (χ0) is 4.50. The molecule has 0 heterocycles. The molecule has 48 valence electrons. The van der Waals surface area contributed by atoms with Gasteiger partial charge in [-0.2, -0.15) is 0 Å². The van der Waals surface area contributed by atoms with E-state index in [1.807, 2.05) is 0 Å². The molecular weight excluding hydrogens is 151 g/mol. The predicted molar refractivity (Wildman–Crippen MR) is 19.6 cm³/mol. The van der Waals surface area contributed by atoms with Crippen LogP contribution in [0.15, 0.2) is 0 Å². The molecule has 0 aliphatic carbocycles. The van der Waals surface area contributed by atoms with Crippen molar-refractivity contribution in [3.8, 4) is 0 Å². The first kappa shape index (κ1) is 23.2. The van der Waals surface area contributed by atoms with Crippen LogP contribution >= 0.6 is 0 Å². The van der Waals surface area contributed by atoms with Crippen LogP contribution in [0.25, 0.3) is 0 Å². The van der Waals surface area contributed by atoms with Gasteiger partial charge < -0.3 is 15.5 Å². The Balaban J connectivity index is -0.0000000267. The van der Waals surface area contributed by atoms with Gasteiger partial charge in [-0.1, -0.05) is 0 Å². The van der Waals surface area contributed by atoms with Crippen molar-refractivity contribution in [1.29, 1.82) is 0 Å². The van der Waals surface area contributed by atoms with Gasteiger partial charge in [0.2, 0.25) is 10.4 Å². The van der Waals surface area contributed by atoms with E-state index in [4.69, 9.17) is 17.5 Å². The quantitative estimate of drug-likeness (QED) is 0.212. The Hall–Kier alpha value is 0.790. The normalized spacial score (nSPS) is 7.25. The van der Waals surface area contributed by atoms with Crippen LogP contribution in [0.1, 0.15) is 0 Å². The molecule has 5 N–H and O–H groups in total. The molecule has 0 bridgehead atoms. The molecule has 0 aliphatic heterocycles. The summed E-state index contributed by atoms with van der Waals surface area (Å²) in [6.07, 6.45) is 0. The van der Waals surface area contributed by atoms with Crippen molar-refractivity contribution >= 4 is 10.4 Å². The van der Waals surface area contributed by atoms with Gasteiger partial charge in [0.1, 0.15) is 0 Å². The summed E-state index contributed by atoms with van der Waals surface area (Å²) in [6, 6.07) is 0. The van der Waals surface area contributed by atoms with Crippen LogP contribution in [0.3, 0.4) is 0 Å². The van der Waals surface area contributed by atoms with E-state index in [1.165, 1.54) is 0 Å². The van der Waals surface area contributed by atoms with Crippen LogP contribution in [0.5, 0.6) is 0 Å². The summed E-state index contributed by atoms with van der Waals surface area (Å²) in [6.45, 7) is 0. The minimum Gasteiger partial charge on any atom is -0.726 e. The van der Waals surface area contributed by atoms with Crippen LogP contribution in [-0.4, -0.2) is 28.5 Å². The molecule has 0 unspecified atom stereocenters. The third kappa shape index (κ3) is 365. The van der Waals surface area contributed by atoms with E-state index in [0.29, 0.717) is 0 Å². The van der Waals surface area contributed by atoms with Gasteiger partial charge in [-0.05, 0) is 0 Å². The van der Waals surface area contributed by atoms with E-state index >= 15 is 0 Å². The summed E-state index contributed by atoms with van der Waals surface area (Å²) in [5, 5.41) is 0. The second kappa shape index (κ2) is 7.79. The average Bonchev–Trinajstić information content (AvgIpc) is 0.722. The molecule has 0 saturated heterocycles. The van der Waals surface area contributed by atoms with Crippen molar-refractivity contribution < 1.29 is 58.0 Å². The minimum absolute atomic E-state index is 0. The summed E-state index contributed by atoms with van der Waals surface area (Å²) in [5.41, 5.74) is 0. The molecule has 8 heteroatoms. The topological polar surface area (TPSA) is 140 Å². The van der Waals surface area contributed by atoms with Crippen molar-refractivity contribution in [2.45, 2.75) is 0 Å². The molecule has 0 aromatic heterocycles. The first-order chi connectivity index (χ1) is 2.00. The zero-order valence-corrected chi connectivity index (χ0v) is 6.90. The van der Waals surface area contributed by atoms with Crippen LogP contribution < -0.4 is 29.6 Å². The molecular formula is H5NaO6S. The van der Waals surface area contributed by atoms with E-state index in [9.17, 15) is 0 Å². The van der Waals surface area contributed by atoms with E-state index in [2.05, 4.69) is 0 Å².